The lowest BCUT2D eigenvalue weighted by atomic mass is 10.1. The molecule has 0 saturated heterocycles. The molecule has 1 heterocycles. The van der Waals surface area contributed by atoms with Crippen LogP contribution in [0, 0.1) is 0 Å². The fourth-order valence-electron chi connectivity index (χ4n) is 2.08. The van der Waals surface area contributed by atoms with Crippen LogP contribution < -0.4 is 5.90 Å². The molecule has 124 valence electrons. The Hall–Kier alpha value is -1.21. The highest BCUT2D eigenvalue weighted by molar-refractivity contribution is 7.99. The summed E-state index contributed by atoms with van der Waals surface area (Å²) in [4.78, 5) is 21.1. The maximum Gasteiger partial charge on any atom is 0.331 e. The van der Waals surface area contributed by atoms with Crippen molar-refractivity contribution in [2.24, 2.45) is 12.9 Å². The minimum atomic E-state index is -0.532. The number of imidazole rings is 1. The summed E-state index contributed by atoms with van der Waals surface area (Å²) >= 11 is 13.6. The second-order valence-electron chi connectivity index (χ2n) is 5.31. The highest BCUT2D eigenvalue weighted by Gasteiger charge is 2.20. The average molecular weight is 374 g/mol. The van der Waals surface area contributed by atoms with E-state index in [1.807, 2.05) is 37.6 Å². The van der Waals surface area contributed by atoms with Crippen LogP contribution in [-0.4, -0.2) is 15.5 Å². The summed E-state index contributed by atoms with van der Waals surface area (Å²) in [7, 11) is 1.85. The molecule has 2 aromatic rings. The Morgan fingerprint density at radius 3 is 2.48 bits per heavy atom. The van der Waals surface area contributed by atoms with Gasteiger partial charge in [0.1, 0.15) is 17.3 Å². The first-order valence-corrected chi connectivity index (χ1v) is 8.48. The normalized spacial score (nSPS) is 11.1. The summed E-state index contributed by atoms with van der Waals surface area (Å²) in [6, 6.07) is 5.36. The molecule has 0 fully saturated rings. The third kappa shape index (κ3) is 4.41. The van der Waals surface area contributed by atoms with E-state index < -0.39 is 5.97 Å². The predicted molar refractivity (Wildman–Crippen MR) is 91.9 cm³/mol. The molecule has 2 N–H and O–H groups in total. The van der Waals surface area contributed by atoms with E-state index in [0.29, 0.717) is 15.9 Å². The first kappa shape index (κ1) is 18.1. The third-order valence-corrected chi connectivity index (χ3v) is 4.78. The van der Waals surface area contributed by atoms with Crippen LogP contribution in [0.3, 0.4) is 0 Å². The molecule has 0 aliphatic heterocycles. The van der Waals surface area contributed by atoms with Crippen LogP contribution in [0.1, 0.15) is 31.3 Å². The lowest BCUT2D eigenvalue weighted by Crippen LogP contribution is -2.15. The Morgan fingerprint density at radius 2 is 1.96 bits per heavy atom. The third-order valence-electron chi connectivity index (χ3n) is 3.19. The van der Waals surface area contributed by atoms with Gasteiger partial charge in [0.05, 0.1) is 5.69 Å². The highest BCUT2D eigenvalue weighted by Crippen LogP contribution is 2.36. The molecule has 0 spiro atoms. The topological polar surface area (TPSA) is 70.1 Å². The van der Waals surface area contributed by atoms with Gasteiger partial charge in [0.25, 0.3) is 0 Å². The molecule has 1 aromatic carbocycles. The minimum Gasteiger partial charge on any atom is -0.373 e. The van der Waals surface area contributed by atoms with Crippen molar-refractivity contribution in [2.45, 2.75) is 36.1 Å². The molecule has 0 aliphatic rings. The quantitative estimate of drug-likeness (QED) is 0.803. The lowest BCUT2D eigenvalue weighted by molar-refractivity contribution is -0.143. The number of carbonyl (C=O) groups excluding carboxylic acids is 1. The zero-order chi connectivity index (χ0) is 17.1. The highest BCUT2D eigenvalue weighted by atomic mass is 35.5. The molecule has 0 radical (unpaired) electrons. The molecule has 8 heteroatoms. The van der Waals surface area contributed by atoms with Crippen molar-refractivity contribution < 1.29 is 9.63 Å². The van der Waals surface area contributed by atoms with Crippen LogP contribution in [-0.2, 0) is 23.1 Å². The Bertz CT molecular complexity index is 712. The van der Waals surface area contributed by atoms with Gasteiger partial charge in [-0.25, -0.2) is 9.78 Å². The van der Waals surface area contributed by atoms with Gasteiger partial charge < -0.3 is 9.40 Å². The maximum absolute atomic E-state index is 11.4. The second-order valence-corrected chi connectivity index (χ2v) is 7.24. The van der Waals surface area contributed by atoms with E-state index in [9.17, 15) is 4.79 Å². The lowest BCUT2D eigenvalue weighted by Gasteiger charge is -2.09. The number of aromatic nitrogens is 2. The van der Waals surface area contributed by atoms with E-state index in [-0.39, 0.29) is 12.3 Å². The molecule has 0 atom stereocenters. The number of nitrogens with two attached hydrogens (primary N) is 1. The monoisotopic (exact) mass is 373 g/mol. The molecule has 0 unspecified atom stereocenters. The molecule has 0 saturated carbocycles. The molecule has 2 rings (SSSR count). The summed E-state index contributed by atoms with van der Waals surface area (Å²) in [6.45, 7) is 4.09. The number of hydrogen-bond donors (Lipinski definition) is 1. The Kier molecular flexibility index (Phi) is 5.97. The van der Waals surface area contributed by atoms with Crippen LogP contribution in [0.15, 0.2) is 28.1 Å². The van der Waals surface area contributed by atoms with E-state index in [2.05, 4.69) is 9.82 Å². The van der Waals surface area contributed by atoms with Gasteiger partial charge in [0.15, 0.2) is 0 Å². The van der Waals surface area contributed by atoms with Crippen LogP contribution >= 0.6 is 35.0 Å². The molecule has 23 heavy (non-hydrogen) atoms. The van der Waals surface area contributed by atoms with Crippen LogP contribution in [0.25, 0.3) is 0 Å². The molecule has 5 nitrogen and oxygen atoms in total. The number of hydrogen-bond acceptors (Lipinski definition) is 5. The molecule has 0 aliphatic carbocycles. The van der Waals surface area contributed by atoms with Crippen molar-refractivity contribution in [1.82, 2.24) is 9.55 Å². The van der Waals surface area contributed by atoms with Gasteiger partial charge in [-0.1, -0.05) is 48.8 Å². The summed E-state index contributed by atoms with van der Waals surface area (Å²) in [5.74, 6) is 5.17. The summed E-state index contributed by atoms with van der Waals surface area (Å²) in [5, 5.41) is 2.07. The van der Waals surface area contributed by atoms with Crippen molar-refractivity contribution >= 4 is 40.9 Å². The van der Waals surface area contributed by atoms with Gasteiger partial charge >= 0.3 is 5.97 Å². The number of benzene rings is 1. The van der Waals surface area contributed by atoms with E-state index in [4.69, 9.17) is 29.1 Å². The molecule has 0 amide bonds. The van der Waals surface area contributed by atoms with E-state index in [1.54, 1.807) is 6.07 Å². The fraction of sp³-hybridized carbons (Fsp3) is 0.333. The Morgan fingerprint density at radius 1 is 1.35 bits per heavy atom. The van der Waals surface area contributed by atoms with Crippen LogP contribution in [0.5, 0.6) is 0 Å². The van der Waals surface area contributed by atoms with Crippen molar-refractivity contribution in [2.75, 3.05) is 0 Å². The molecule has 0 bridgehead atoms. The van der Waals surface area contributed by atoms with Crippen LogP contribution in [0.2, 0.25) is 10.0 Å². The SMILES string of the molecule is CC(C)c1nc(CC(=O)ON)n(C)c1Sc1cc(Cl)cc(Cl)c1. The van der Waals surface area contributed by atoms with Crippen molar-refractivity contribution in [3.05, 3.63) is 39.8 Å². The number of rotatable bonds is 5. The molecular weight excluding hydrogens is 357 g/mol. The number of nitrogens with zero attached hydrogens (tertiary/aromatic N) is 2. The first-order chi connectivity index (χ1) is 10.8. The minimum absolute atomic E-state index is 0.0174. The summed E-state index contributed by atoms with van der Waals surface area (Å²) in [5.41, 5.74) is 0.897. The van der Waals surface area contributed by atoms with Crippen LogP contribution in [0.4, 0.5) is 0 Å². The fourth-order valence-corrected chi connectivity index (χ4v) is 3.95. The van der Waals surface area contributed by atoms with Gasteiger partial charge in [0, 0.05) is 22.0 Å². The average Bonchev–Trinajstić information content (AvgIpc) is 2.75. The second kappa shape index (κ2) is 7.57. The van der Waals surface area contributed by atoms with Gasteiger partial charge in [-0.15, -0.1) is 0 Å². The zero-order valence-electron chi connectivity index (χ0n) is 13.0. The number of carbonyl (C=O) groups is 1. The van der Waals surface area contributed by atoms with Gasteiger partial charge in [-0.2, -0.15) is 5.90 Å². The van der Waals surface area contributed by atoms with E-state index in [1.165, 1.54) is 11.8 Å². The van der Waals surface area contributed by atoms with Gasteiger partial charge in [-0.3, -0.25) is 0 Å². The molecule has 1 aromatic heterocycles. The van der Waals surface area contributed by atoms with E-state index in [0.717, 1.165) is 15.6 Å². The van der Waals surface area contributed by atoms with Crippen molar-refractivity contribution in [1.29, 1.82) is 0 Å². The standard InChI is InChI=1S/C15H17Cl2N3O2S/c1-8(2)14-15(20(3)12(19-14)7-13(21)22-18)23-11-5-9(16)4-10(17)6-11/h4-6,8H,7,18H2,1-3H3. The largest absolute Gasteiger partial charge is 0.373 e. The van der Waals surface area contributed by atoms with Crippen molar-refractivity contribution in [3.63, 3.8) is 0 Å². The van der Waals surface area contributed by atoms with Crippen molar-refractivity contribution in [3.8, 4) is 0 Å². The summed E-state index contributed by atoms with van der Waals surface area (Å²) in [6.07, 6.45) is 0.0174. The Labute approximate surface area is 149 Å². The zero-order valence-corrected chi connectivity index (χ0v) is 15.3. The summed E-state index contributed by atoms with van der Waals surface area (Å²) < 4.78 is 1.87. The molecular formula is C15H17Cl2N3O2S. The Balaban J connectivity index is 2.41. The smallest absolute Gasteiger partial charge is 0.331 e. The predicted octanol–water partition coefficient (Wildman–Crippen LogP) is 3.96. The first-order valence-electron chi connectivity index (χ1n) is 6.90. The number of halogens is 2. The van der Waals surface area contributed by atoms with Gasteiger partial charge in [0.2, 0.25) is 0 Å². The van der Waals surface area contributed by atoms with E-state index >= 15 is 0 Å². The maximum atomic E-state index is 11.4. The van der Waals surface area contributed by atoms with Gasteiger partial charge in [-0.05, 0) is 24.1 Å².